The highest BCUT2D eigenvalue weighted by Crippen LogP contribution is 2.53. The molecule has 4 aromatic rings. The monoisotopic (exact) mass is 444 g/mol. The van der Waals surface area contributed by atoms with E-state index in [2.05, 4.69) is 118 Å². The summed E-state index contributed by atoms with van der Waals surface area (Å²) in [7, 11) is 4.32. The fraction of sp³-hybridized carbons (Fsp3) is 0.143. The van der Waals surface area contributed by atoms with Crippen molar-refractivity contribution in [1.82, 2.24) is 0 Å². The van der Waals surface area contributed by atoms with Crippen molar-refractivity contribution in [3.05, 3.63) is 108 Å². The van der Waals surface area contributed by atoms with Crippen LogP contribution in [0.2, 0.25) is 0 Å². The third kappa shape index (κ3) is 2.34. The van der Waals surface area contributed by atoms with Gasteiger partial charge in [-0.05, 0) is 23.3 Å². The van der Waals surface area contributed by atoms with Gasteiger partial charge in [-0.25, -0.2) is 9.80 Å². The first kappa shape index (κ1) is 19.2. The fourth-order valence-electron chi connectivity index (χ4n) is 5.71. The normalized spacial score (nSPS) is 16.9. The van der Waals surface area contributed by atoms with Gasteiger partial charge in [-0.15, -0.1) is 0 Å². The van der Waals surface area contributed by atoms with E-state index in [1.54, 1.807) is 0 Å². The summed E-state index contributed by atoms with van der Waals surface area (Å²) >= 11 is 0. The van der Waals surface area contributed by atoms with Gasteiger partial charge >= 0.3 is 5.91 Å². The maximum absolute atomic E-state index is 5.28. The van der Waals surface area contributed by atoms with Crippen LogP contribution in [0.3, 0.4) is 0 Å². The Labute approximate surface area is 198 Å². The summed E-state index contributed by atoms with van der Waals surface area (Å²) in [4.78, 5) is 4.68. The highest BCUT2D eigenvalue weighted by Gasteiger charge is 2.71. The summed E-state index contributed by atoms with van der Waals surface area (Å²) in [5.74, 6) is -0.866. The number of azo groups is 4. The first-order chi connectivity index (χ1) is 16.7. The minimum atomic E-state index is -0.866. The number of hydrogen-bond acceptors (Lipinski definition) is 4. The summed E-state index contributed by atoms with van der Waals surface area (Å²) in [6, 6.07) is 33.6. The molecule has 6 heteroatoms. The molecule has 0 amide bonds. The van der Waals surface area contributed by atoms with E-state index in [4.69, 9.17) is 10.2 Å². The molecule has 4 aromatic carbocycles. The molecular formula is C28H24N6+2. The second-order valence-corrected chi connectivity index (χ2v) is 8.96. The molecule has 0 aromatic heterocycles. The lowest BCUT2D eigenvalue weighted by Gasteiger charge is -2.43. The molecule has 6 nitrogen and oxygen atoms in total. The van der Waals surface area contributed by atoms with Crippen LogP contribution in [-0.2, 0) is 6.42 Å². The quantitative estimate of drug-likeness (QED) is 0.324. The van der Waals surface area contributed by atoms with Crippen LogP contribution < -0.4 is 9.80 Å². The zero-order chi connectivity index (χ0) is 22.9. The third-order valence-electron chi connectivity index (χ3n) is 7.13. The maximum Gasteiger partial charge on any atom is 0.590 e. The second kappa shape index (κ2) is 6.84. The Kier molecular flexibility index (Phi) is 3.86. The molecule has 164 valence electrons. The van der Waals surface area contributed by atoms with Crippen molar-refractivity contribution in [3.63, 3.8) is 0 Å². The number of benzene rings is 4. The molecule has 0 aliphatic carbocycles. The smallest absolute Gasteiger partial charge is 0.227 e. The van der Waals surface area contributed by atoms with Crippen molar-refractivity contribution in [3.8, 4) is 0 Å². The van der Waals surface area contributed by atoms with E-state index in [-0.39, 0.29) is 0 Å². The molecule has 0 fully saturated rings. The van der Waals surface area contributed by atoms with Gasteiger partial charge in [-0.1, -0.05) is 60.7 Å². The van der Waals surface area contributed by atoms with Gasteiger partial charge in [0.15, 0.2) is 11.4 Å². The molecule has 3 bridgehead atoms. The van der Waals surface area contributed by atoms with Crippen molar-refractivity contribution in [2.75, 3.05) is 23.9 Å². The van der Waals surface area contributed by atoms with Gasteiger partial charge < -0.3 is 0 Å². The molecule has 0 radical (unpaired) electrons. The summed E-state index contributed by atoms with van der Waals surface area (Å²) in [6.45, 7) is 0. The number of rotatable bonds is 2. The molecular weight excluding hydrogens is 420 g/mol. The third-order valence-corrected chi connectivity index (χ3v) is 7.13. The lowest BCUT2D eigenvalue weighted by molar-refractivity contribution is -0.815. The Morgan fingerprint density at radius 1 is 0.588 bits per heavy atom. The fourth-order valence-corrected chi connectivity index (χ4v) is 5.71. The average molecular weight is 445 g/mol. The van der Waals surface area contributed by atoms with Crippen LogP contribution in [0.15, 0.2) is 107 Å². The Bertz CT molecular complexity index is 1390. The summed E-state index contributed by atoms with van der Waals surface area (Å²) in [6.07, 6.45) is 0.832. The van der Waals surface area contributed by atoms with E-state index in [0.29, 0.717) is 0 Å². The highest BCUT2D eigenvalue weighted by atomic mass is 15.7. The molecule has 0 atom stereocenters. The lowest BCUT2D eigenvalue weighted by Crippen LogP contribution is -2.71. The van der Waals surface area contributed by atoms with Gasteiger partial charge in [0.05, 0.1) is 11.4 Å². The van der Waals surface area contributed by atoms with Crippen LogP contribution >= 0.6 is 0 Å². The van der Waals surface area contributed by atoms with E-state index in [9.17, 15) is 0 Å². The van der Waals surface area contributed by atoms with Gasteiger partial charge in [0.25, 0.3) is 0 Å². The van der Waals surface area contributed by atoms with Crippen LogP contribution in [-0.4, -0.2) is 29.4 Å². The van der Waals surface area contributed by atoms with Gasteiger partial charge in [-0.3, -0.25) is 0 Å². The van der Waals surface area contributed by atoms with E-state index in [1.165, 1.54) is 11.1 Å². The first-order valence-electron chi connectivity index (χ1n) is 11.5. The zero-order valence-electron chi connectivity index (χ0n) is 19.1. The van der Waals surface area contributed by atoms with Crippen molar-refractivity contribution in [1.29, 1.82) is 0 Å². The molecule has 3 aliphatic heterocycles. The largest absolute Gasteiger partial charge is 0.590 e. The van der Waals surface area contributed by atoms with E-state index in [0.717, 1.165) is 40.5 Å². The van der Waals surface area contributed by atoms with Crippen LogP contribution in [0.4, 0.5) is 34.1 Å². The first-order valence-corrected chi connectivity index (χ1v) is 11.5. The van der Waals surface area contributed by atoms with Gasteiger partial charge in [0.2, 0.25) is 11.4 Å². The van der Waals surface area contributed by atoms with Gasteiger partial charge in [0.1, 0.15) is 0 Å². The minimum absolute atomic E-state index is 0.832. The topological polar surface area (TPSA) is 37.2 Å². The Hall–Kier alpha value is -4.32. The number of para-hydroxylation sites is 4. The molecule has 7 rings (SSSR count). The Morgan fingerprint density at radius 3 is 1.47 bits per heavy atom. The van der Waals surface area contributed by atoms with Crippen molar-refractivity contribution < 1.29 is 9.39 Å². The second-order valence-electron chi connectivity index (χ2n) is 8.96. The summed E-state index contributed by atoms with van der Waals surface area (Å²) in [5.41, 5.74) is 8.71. The predicted molar refractivity (Wildman–Crippen MR) is 132 cm³/mol. The van der Waals surface area contributed by atoms with Crippen LogP contribution in [0.25, 0.3) is 0 Å². The molecule has 34 heavy (non-hydrogen) atoms. The van der Waals surface area contributed by atoms with E-state index in [1.807, 2.05) is 12.1 Å². The van der Waals surface area contributed by atoms with Gasteiger partial charge in [-0.2, -0.15) is 0 Å². The minimum Gasteiger partial charge on any atom is -0.227 e. The molecule has 0 N–H and O–H groups in total. The van der Waals surface area contributed by atoms with E-state index >= 15 is 0 Å². The molecule has 0 saturated carbocycles. The highest BCUT2D eigenvalue weighted by molar-refractivity contribution is 5.79. The van der Waals surface area contributed by atoms with Crippen LogP contribution in [0.5, 0.6) is 0 Å². The maximum atomic E-state index is 5.28. The Morgan fingerprint density at radius 2 is 1.03 bits per heavy atom. The zero-order valence-corrected chi connectivity index (χ0v) is 19.1. The van der Waals surface area contributed by atoms with Crippen LogP contribution in [0, 0.1) is 0 Å². The lowest BCUT2D eigenvalue weighted by atomic mass is 9.95. The number of anilines is 2. The molecule has 0 unspecified atom stereocenters. The molecule has 3 heterocycles. The van der Waals surface area contributed by atoms with E-state index < -0.39 is 5.91 Å². The number of nitrogens with zero attached hydrogens (tertiary/aromatic N) is 6. The Balaban J connectivity index is 1.68. The molecule has 3 aliphatic rings. The van der Waals surface area contributed by atoms with Crippen molar-refractivity contribution in [2.24, 2.45) is 10.2 Å². The van der Waals surface area contributed by atoms with Crippen molar-refractivity contribution >= 4 is 34.1 Å². The van der Waals surface area contributed by atoms with Crippen molar-refractivity contribution in [2.45, 2.75) is 12.3 Å². The molecule has 0 saturated heterocycles. The van der Waals surface area contributed by atoms with Gasteiger partial charge in [0, 0.05) is 64.4 Å². The standard InChI is InChI=1S/C28H24N6/c1-31-26-20-11-9-17-24(26)29-33(22-13-5-3-6-14-22)28(31)32(2)27-21(19-20)12-10-18-25(27)30-34(28)23-15-7-4-8-16-23/h3-18H,19H2,1-2H3/q+2. The summed E-state index contributed by atoms with van der Waals surface area (Å²) < 4.78 is 4.22. The number of hydrogen-bond donors (Lipinski definition) is 0. The predicted octanol–water partition coefficient (Wildman–Crippen LogP) is 6.66. The summed E-state index contributed by atoms with van der Waals surface area (Å²) in [5, 5.41) is 10.6. The SMILES string of the molecule is CN1c2c3cccc2N=[N+](c2ccccc2)C12N(C)c1c(cccc1N=[N+]2c1ccccc1)C3. The molecule has 1 spiro atoms. The van der Waals surface area contributed by atoms with Crippen LogP contribution in [0.1, 0.15) is 11.1 Å². The average Bonchev–Trinajstić information content (AvgIpc) is 2.88.